The minimum absolute atomic E-state index is 0.413. The monoisotopic (exact) mass is 303 g/mol. The highest BCUT2D eigenvalue weighted by Gasteiger charge is 2.15. The molecule has 0 spiro atoms. The molecule has 82 valence electrons. The van der Waals surface area contributed by atoms with Gasteiger partial charge in [0.2, 0.25) is 3.79 Å². The summed E-state index contributed by atoms with van der Waals surface area (Å²) >= 11 is 28.3. The summed E-state index contributed by atoms with van der Waals surface area (Å²) in [6.45, 7) is 1.84. The SMILES string of the molecule is Cc1cc(N=CC(Cl)(Cl)Cl)c(Cl)cc1Cl. The first kappa shape index (κ1) is 13.4. The van der Waals surface area contributed by atoms with Crippen LogP contribution in [0.2, 0.25) is 10.0 Å². The number of aliphatic imine (C=N–C) groups is 1. The van der Waals surface area contributed by atoms with Gasteiger partial charge in [-0.3, -0.25) is 4.99 Å². The third-order valence-corrected chi connectivity index (χ3v) is 2.58. The Morgan fingerprint density at radius 3 is 2.27 bits per heavy atom. The van der Waals surface area contributed by atoms with Crippen molar-refractivity contribution in [2.75, 3.05) is 0 Å². The van der Waals surface area contributed by atoms with Crippen molar-refractivity contribution in [1.82, 2.24) is 0 Å². The summed E-state index contributed by atoms with van der Waals surface area (Å²) in [5.41, 5.74) is 1.38. The van der Waals surface area contributed by atoms with Crippen LogP contribution in [0.5, 0.6) is 0 Å². The van der Waals surface area contributed by atoms with Gasteiger partial charge in [0.05, 0.1) is 16.9 Å². The maximum Gasteiger partial charge on any atom is 0.225 e. The summed E-state index contributed by atoms with van der Waals surface area (Å²) < 4.78 is -1.53. The average molecular weight is 305 g/mol. The van der Waals surface area contributed by atoms with Crippen molar-refractivity contribution in [3.63, 3.8) is 0 Å². The van der Waals surface area contributed by atoms with Crippen LogP contribution in [0.25, 0.3) is 0 Å². The lowest BCUT2D eigenvalue weighted by Crippen LogP contribution is -2.02. The molecule has 0 atom stereocenters. The summed E-state index contributed by atoms with van der Waals surface area (Å²) in [4.78, 5) is 3.97. The lowest BCUT2D eigenvalue weighted by Gasteiger charge is -2.05. The maximum atomic E-state index is 5.90. The summed E-state index contributed by atoms with van der Waals surface area (Å²) in [5, 5.41) is 0.990. The molecule has 0 N–H and O–H groups in total. The van der Waals surface area contributed by atoms with E-state index in [9.17, 15) is 0 Å². The Labute approximate surface area is 113 Å². The van der Waals surface area contributed by atoms with Gasteiger partial charge in [-0.25, -0.2) is 0 Å². The molecule has 1 aromatic rings. The molecule has 0 radical (unpaired) electrons. The Morgan fingerprint density at radius 1 is 1.13 bits per heavy atom. The zero-order valence-electron chi connectivity index (χ0n) is 7.57. The van der Waals surface area contributed by atoms with Crippen LogP contribution >= 0.6 is 58.0 Å². The van der Waals surface area contributed by atoms with Crippen LogP contribution in [-0.4, -0.2) is 10.0 Å². The molecule has 6 heteroatoms. The van der Waals surface area contributed by atoms with E-state index < -0.39 is 3.79 Å². The number of hydrogen-bond acceptors (Lipinski definition) is 1. The fourth-order valence-electron chi connectivity index (χ4n) is 0.884. The zero-order valence-corrected chi connectivity index (χ0v) is 11.3. The fourth-order valence-corrected chi connectivity index (χ4v) is 1.46. The van der Waals surface area contributed by atoms with Crippen molar-refractivity contribution in [3.05, 3.63) is 27.7 Å². The third-order valence-electron chi connectivity index (χ3n) is 1.58. The molecule has 0 unspecified atom stereocenters. The molecule has 0 saturated carbocycles. The van der Waals surface area contributed by atoms with Crippen molar-refractivity contribution in [2.45, 2.75) is 10.7 Å². The third kappa shape index (κ3) is 4.38. The molecule has 0 aliphatic rings. The van der Waals surface area contributed by atoms with E-state index in [1.807, 2.05) is 6.92 Å². The molecule has 1 rings (SSSR count). The first-order chi connectivity index (χ1) is 6.79. The Kier molecular flexibility index (Phi) is 4.57. The molecule has 0 bridgehead atoms. The van der Waals surface area contributed by atoms with Gasteiger partial charge in [0.15, 0.2) is 0 Å². The minimum Gasteiger partial charge on any atom is -0.255 e. The molecule has 15 heavy (non-hydrogen) atoms. The van der Waals surface area contributed by atoms with Gasteiger partial charge in [0.1, 0.15) is 0 Å². The highest BCUT2D eigenvalue weighted by atomic mass is 35.6. The first-order valence-electron chi connectivity index (χ1n) is 3.87. The summed E-state index contributed by atoms with van der Waals surface area (Å²) in [7, 11) is 0. The van der Waals surface area contributed by atoms with Gasteiger partial charge < -0.3 is 0 Å². The van der Waals surface area contributed by atoms with Gasteiger partial charge in [-0.2, -0.15) is 0 Å². The second-order valence-corrected chi connectivity index (χ2v) is 6.04. The van der Waals surface area contributed by atoms with Crippen molar-refractivity contribution in [1.29, 1.82) is 0 Å². The van der Waals surface area contributed by atoms with E-state index in [4.69, 9.17) is 58.0 Å². The van der Waals surface area contributed by atoms with E-state index in [2.05, 4.69) is 4.99 Å². The number of alkyl halides is 3. The molecule has 0 aromatic heterocycles. The van der Waals surface area contributed by atoms with E-state index in [-0.39, 0.29) is 0 Å². The Morgan fingerprint density at radius 2 is 1.73 bits per heavy atom. The van der Waals surface area contributed by atoms with Gasteiger partial charge in [0.25, 0.3) is 0 Å². The minimum atomic E-state index is -1.53. The van der Waals surface area contributed by atoms with Crippen LogP contribution in [0.1, 0.15) is 5.56 Å². The highest BCUT2D eigenvalue weighted by molar-refractivity contribution is 6.74. The van der Waals surface area contributed by atoms with Crippen LogP contribution in [0.3, 0.4) is 0 Å². The number of halogens is 5. The largest absolute Gasteiger partial charge is 0.255 e. The van der Waals surface area contributed by atoms with Gasteiger partial charge in [-0.15, -0.1) is 0 Å². The molecule has 0 saturated heterocycles. The van der Waals surface area contributed by atoms with E-state index in [0.29, 0.717) is 15.7 Å². The van der Waals surface area contributed by atoms with Gasteiger partial charge in [-0.05, 0) is 24.6 Å². The summed E-state index contributed by atoms with van der Waals surface area (Å²) in [5.74, 6) is 0. The number of aryl methyl sites for hydroxylation is 1. The van der Waals surface area contributed by atoms with Crippen molar-refractivity contribution in [3.8, 4) is 0 Å². The Hall–Kier alpha value is 0.340. The topological polar surface area (TPSA) is 12.4 Å². The highest BCUT2D eigenvalue weighted by Crippen LogP contribution is 2.32. The zero-order chi connectivity index (χ0) is 11.6. The maximum absolute atomic E-state index is 5.90. The summed E-state index contributed by atoms with van der Waals surface area (Å²) in [6.07, 6.45) is 1.19. The van der Waals surface area contributed by atoms with E-state index in [1.54, 1.807) is 12.1 Å². The lowest BCUT2D eigenvalue weighted by atomic mass is 10.2. The predicted octanol–water partition coefficient (Wildman–Crippen LogP) is 5.37. The predicted molar refractivity (Wildman–Crippen MR) is 69.6 cm³/mol. The quantitative estimate of drug-likeness (QED) is 0.488. The molecule has 1 nitrogen and oxygen atoms in total. The van der Waals surface area contributed by atoms with E-state index >= 15 is 0 Å². The van der Waals surface area contributed by atoms with Crippen LogP contribution in [-0.2, 0) is 0 Å². The molecule has 0 aliphatic carbocycles. The molecular formula is C9H6Cl5N. The molecule has 0 fully saturated rings. The number of hydrogen-bond donors (Lipinski definition) is 0. The number of nitrogens with zero attached hydrogens (tertiary/aromatic N) is 1. The van der Waals surface area contributed by atoms with Crippen LogP contribution in [0.15, 0.2) is 17.1 Å². The Bertz CT molecular complexity index is 394. The molecule has 0 heterocycles. The first-order valence-corrected chi connectivity index (χ1v) is 5.76. The van der Waals surface area contributed by atoms with Crippen LogP contribution in [0.4, 0.5) is 5.69 Å². The van der Waals surface area contributed by atoms with Crippen molar-refractivity contribution in [2.24, 2.45) is 4.99 Å². The second-order valence-electron chi connectivity index (χ2n) is 2.85. The van der Waals surface area contributed by atoms with E-state index in [1.165, 1.54) is 6.21 Å². The number of rotatable bonds is 1. The molecule has 0 aliphatic heterocycles. The van der Waals surface area contributed by atoms with Crippen molar-refractivity contribution < 1.29 is 0 Å². The fraction of sp³-hybridized carbons (Fsp3) is 0.222. The van der Waals surface area contributed by atoms with Gasteiger partial charge >= 0.3 is 0 Å². The smallest absolute Gasteiger partial charge is 0.225 e. The summed E-state index contributed by atoms with van der Waals surface area (Å²) in [6, 6.07) is 3.32. The molecule has 0 amide bonds. The normalized spacial score (nSPS) is 12.4. The standard InChI is InChI=1S/C9H6Cl5N/c1-5-2-8(7(11)3-6(5)10)15-4-9(12,13)14/h2-4H,1H3. The Balaban J connectivity index is 3.06. The van der Waals surface area contributed by atoms with E-state index in [0.717, 1.165) is 5.56 Å². The average Bonchev–Trinajstić information content (AvgIpc) is 2.07. The van der Waals surface area contributed by atoms with Gasteiger partial charge in [0, 0.05) is 5.02 Å². The lowest BCUT2D eigenvalue weighted by molar-refractivity contribution is 1.42. The molecular weight excluding hydrogens is 299 g/mol. The number of benzene rings is 1. The second kappa shape index (κ2) is 5.11. The van der Waals surface area contributed by atoms with Gasteiger partial charge in [-0.1, -0.05) is 58.0 Å². The molecule has 1 aromatic carbocycles. The van der Waals surface area contributed by atoms with Crippen LogP contribution < -0.4 is 0 Å². The van der Waals surface area contributed by atoms with Crippen LogP contribution in [0, 0.1) is 6.92 Å². The van der Waals surface area contributed by atoms with Crippen molar-refractivity contribution >= 4 is 69.9 Å².